The zero-order chi connectivity index (χ0) is 16.5. The van der Waals surface area contributed by atoms with Crippen LogP contribution in [0.2, 0.25) is 0 Å². The molecule has 0 rings (SSSR count). The monoisotopic (exact) mass is 312 g/mol. The summed E-state index contributed by atoms with van der Waals surface area (Å²) in [5.41, 5.74) is 0. The highest BCUT2D eigenvalue weighted by atomic mass is 16.5. The third-order valence-electron chi connectivity index (χ3n) is 4.33. The van der Waals surface area contributed by atoms with Crippen molar-refractivity contribution >= 4 is 5.97 Å². The van der Waals surface area contributed by atoms with E-state index in [1.54, 1.807) is 0 Å². The molecule has 0 bridgehead atoms. The Morgan fingerprint density at radius 3 is 1.45 bits per heavy atom. The molecular weight excluding hydrogens is 272 g/mol. The predicted octanol–water partition coefficient (Wildman–Crippen LogP) is 6.81. The van der Waals surface area contributed by atoms with E-state index in [0.29, 0.717) is 0 Å². The number of hydrogen-bond donors (Lipinski definition) is 0. The number of carbonyl (C=O) groups is 1. The number of hydrogen-bond acceptors (Lipinski definition) is 2. The highest BCUT2D eigenvalue weighted by molar-refractivity contribution is 5.66. The fourth-order valence-corrected chi connectivity index (χ4v) is 2.97. The van der Waals surface area contributed by atoms with Gasteiger partial charge in [0, 0.05) is 6.92 Å². The molecule has 2 heteroatoms. The van der Waals surface area contributed by atoms with Crippen LogP contribution in [-0.4, -0.2) is 12.1 Å². The van der Waals surface area contributed by atoms with E-state index in [4.69, 9.17) is 4.74 Å². The van der Waals surface area contributed by atoms with Gasteiger partial charge in [-0.1, -0.05) is 90.4 Å². The van der Waals surface area contributed by atoms with Gasteiger partial charge in [-0.3, -0.25) is 4.79 Å². The van der Waals surface area contributed by atoms with E-state index < -0.39 is 0 Å². The summed E-state index contributed by atoms with van der Waals surface area (Å²) in [4.78, 5) is 10.8. The molecule has 22 heavy (non-hydrogen) atoms. The van der Waals surface area contributed by atoms with Gasteiger partial charge in [0.2, 0.25) is 0 Å². The van der Waals surface area contributed by atoms with Crippen LogP contribution in [0.3, 0.4) is 0 Å². The summed E-state index contributed by atoms with van der Waals surface area (Å²) in [5, 5.41) is 0. The molecule has 0 amide bonds. The van der Waals surface area contributed by atoms with Crippen molar-refractivity contribution in [3.05, 3.63) is 0 Å². The first-order valence-corrected chi connectivity index (χ1v) is 9.84. The largest absolute Gasteiger partial charge is 0.463 e. The van der Waals surface area contributed by atoms with Crippen LogP contribution >= 0.6 is 0 Å². The van der Waals surface area contributed by atoms with Crippen LogP contribution in [-0.2, 0) is 9.53 Å². The molecule has 0 aliphatic rings. The van der Waals surface area contributed by atoms with E-state index >= 15 is 0 Å². The Kier molecular flexibility index (Phi) is 16.4. The molecule has 0 aromatic carbocycles. The minimum atomic E-state index is -0.155. The topological polar surface area (TPSA) is 26.3 Å². The average Bonchev–Trinajstić information content (AvgIpc) is 2.47. The molecule has 132 valence electrons. The van der Waals surface area contributed by atoms with E-state index in [9.17, 15) is 4.79 Å². The molecule has 0 spiro atoms. The second kappa shape index (κ2) is 16.8. The number of ether oxygens (including phenoxy) is 1. The molecule has 2 nitrogen and oxygen atoms in total. The fourth-order valence-electron chi connectivity index (χ4n) is 2.97. The van der Waals surface area contributed by atoms with Crippen molar-refractivity contribution in [1.29, 1.82) is 0 Å². The lowest BCUT2D eigenvalue weighted by molar-refractivity contribution is -0.145. The van der Waals surface area contributed by atoms with Crippen LogP contribution in [0.4, 0.5) is 0 Å². The first-order chi connectivity index (χ1) is 10.7. The number of esters is 1. The lowest BCUT2D eigenvalue weighted by Crippen LogP contribution is -2.11. The maximum Gasteiger partial charge on any atom is 0.302 e. The second-order valence-electron chi connectivity index (χ2n) is 6.80. The molecule has 0 aliphatic heterocycles. The third kappa shape index (κ3) is 17.5. The van der Waals surface area contributed by atoms with E-state index in [2.05, 4.69) is 6.92 Å². The maximum atomic E-state index is 10.8. The molecular formula is C20H40O2. The summed E-state index contributed by atoms with van der Waals surface area (Å²) in [7, 11) is 0. The van der Waals surface area contributed by atoms with Crippen LogP contribution < -0.4 is 0 Å². The van der Waals surface area contributed by atoms with Crippen molar-refractivity contribution in [2.24, 2.45) is 0 Å². The molecule has 0 aliphatic carbocycles. The van der Waals surface area contributed by atoms with Crippen LogP contribution in [0.1, 0.15) is 117 Å². The zero-order valence-corrected chi connectivity index (χ0v) is 15.5. The summed E-state index contributed by atoms with van der Waals surface area (Å²) in [6.45, 7) is 5.76. The molecule has 1 atom stereocenters. The van der Waals surface area contributed by atoms with Crippen molar-refractivity contribution in [2.45, 2.75) is 123 Å². The second-order valence-corrected chi connectivity index (χ2v) is 6.80. The SMILES string of the molecule is CCCCCCCCCCCCCCCCC(C)OC(C)=O. The van der Waals surface area contributed by atoms with Gasteiger partial charge in [0.25, 0.3) is 0 Å². The molecule has 0 aromatic rings. The van der Waals surface area contributed by atoms with Gasteiger partial charge in [0.05, 0.1) is 6.10 Å². The highest BCUT2D eigenvalue weighted by Gasteiger charge is 2.04. The Morgan fingerprint density at radius 1 is 0.727 bits per heavy atom. The van der Waals surface area contributed by atoms with E-state index in [1.165, 1.54) is 96.8 Å². The Bertz CT molecular complexity index is 238. The Labute approximate surface area is 139 Å². The Balaban J connectivity index is 3.07. The predicted molar refractivity (Wildman–Crippen MR) is 96.2 cm³/mol. The smallest absolute Gasteiger partial charge is 0.302 e. The van der Waals surface area contributed by atoms with Crippen molar-refractivity contribution in [3.63, 3.8) is 0 Å². The maximum absolute atomic E-state index is 10.8. The van der Waals surface area contributed by atoms with Gasteiger partial charge in [-0.15, -0.1) is 0 Å². The van der Waals surface area contributed by atoms with Gasteiger partial charge in [0.15, 0.2) is 0 Å². The van der Waals surface area contributed by atoms with Crippen LogP contribution in [0.25, 0.3) is 0 Å². The van der Waals surface area contributed by atoms with E-state index in [-0.39, 0.29) is 12.1 Å². The van der Waals surface area contributed by atoms with Gasteiger partial charge in [-0.05, 0) is 19.8 Å². The van der Waals surface area contributed by atoms with Gasteiger partial charge < -0.3 is 4.74 Å². The van der Waals surface area contributed by atoms with Gasteiger partial charge in [0.1, 0.15) is 0 Å². The first kappa shape index (κ1) is 21.5. The quantitative estimate of drug-likeness (QED) is 0.231. The van der Waals surface area contributed by atoms with Gasteiger partial charge >= 0.3 is 5.97 Å². The van der Waals surface area contributed by atoms with Crippen LogP contribution in [0.15, 0.2) is 0 Å². The van der Waals surface area contributed by atoms with E-state index in [0.717, 1.165) is 6.42 Å². The summed E-state index contributed by atoms with van der Waals surface area (Å²) in [5.74, 6) is -0.155. The van der Waals surface area contributed by atoms with E-state index in [1.807, 2.05) is 6.92 Å². The normalized spacial score (nSPS) is 12.3. The molecule has 0 radical (unpaired) electrons. The van der Waals surface area contributed by atoms with Gasteiger partial charge in [-0.2, -0.15) is 0 Å². The minimum Gasteiger partial charge on any atom is -0.463 e. The molecule has 0 saturated carbocycles. The third-order valence-corrected chi connectivity index (χ3v) is 4.33. The van der Waals surface area contributed by atoms with Crippen LogP contribution in [0.5, 0.6) is 0 Å². The lowest BCUT2D eigenvalue weighted by atomic mass is 10.0. The summed E-state index contributed by atoms with van der Waals surface area (Å²) in [6, 6.07) is 0. The average molecular weight is 313 g/mol. The fraction of sp³-hybridized carbons (Fsp3) is 0.950. The summed E-state index contributed by atoms with van der Waals surface area (Å²) in [6.07, 6.45) is 20.5. The molecule has 1 unspecified atom stereocenters. The van der Waals surface area contributed by atoms with Crippen molar-refractivity contribution < 1.29 is 9.53 Å². The zero-order valence-electron chi connectivity index (χ0n) is 15.5. The number of carbonyl (C=O) groups excluding carboxylic acids is 1. The van der Waals surface area contributed by atoms with Gasteiger partial charge in [-0.25, -0.2) is 0 Å². The minimum absolute atomic E-state index is 0.0924. The van der Waals surface area contributed by atoms with Crippen LogP contribution in [0, 0.1) is 0 Å². The summed E-state index contributed by atoms with van der Waals surface area (Å²) < 4.78 is 5.12. The first-order valence-electron chi connectivity index (χ1n) is 9.84. The molecule has 0 saturated heterocycles. The number of unbranched alkanes of at least 4 members (excludes halogenated alkanes) is 13. The lowest BCUT2D eigenvalue weighted by Gasteiger charge is -2.11. The van der Waals surface area contributed by atoms with Crippen molar-refractivity contribution in [3.8, 4) is 0 Å². The molecule has 0 aromatic heterocycles. The van der Waals surface area contributed by atoms with Crippen molar-refractivity contribution in [2.75, 3.05) is 0 Å². The van der Waals surface area contributed by atoms with Crippen molar-refractivity contribution in [1.82, 2.24) is 0 Å². The Hall–Kier alpha value is -0.530. The molecule has 0 fully saturated rings. The molecule has 0 heterocycles. The standard InChI is InChI=1S/C20H40O2/c1-4-5-6-7-8-9-10-11-12-13-14-15-16-17-18-19(2)22-20(3)21/h19H,4-18H2,1-3H3. The summed E-state index contributed by atoms with van der Waals surface area (Å²) >= 11 is 0. The Morgan fingerprint density at radius 2 is 1.09 bits per heavy atom. The number of rotatable bonds is 16. The molecule has 0 N–H and O–H groups in total. The highest BCUT2D eigenvalue weighted by Crippen LogP contribution is 2.14.